The third-order valence-corrected chi connectivity index (χ3v) is 12.2. The molecule has 0 amide bonds. The summed E-state index contributed by atoms with van der Waals surface area (Å²) in [5, 5.41) is 7.37. The molecule has 0 aliphatic carbocycles. The van der Waals surface area contributed by atoms with Crippen LogP contribution < -0.4 is 0 Å². The van der Waals surface area contributed by atoms with Gasteiger partial charge in [0.15, 0.2) is 5.58 Å². The Hall–Kier alpha value is -6.95. The Bertz CT molecular complexity index is 3440. The maximum atomic E-state index is 6.86. The Morgan fingerprint density at radius 1 is 0.463 bits per heavy atom. The molecule has 0 unspecified atom stereocenters. The summed E-state index contributed by atoms with van der Waals surface area (Å²) in [4.78, 5) is 5.10. The van der Waals surface area contributed by atoms with E-state index in [0.29, 0.717) is 0 Å². The van der Waals surface area contributed by atoms with Gasteiger partial charge in [-0.2, -0.15) is 0 Å². The first-order valence-electron chi connectivity index (χ1n) is 18.2. The van der Waals surface area contributed by atoms with Crippen LogP contribution >= 0.6 is 11.3 Å². The summed E-state index contributed by atoms with van der Waals surface area (Å²) in [6, 6.07) is 62.6. The van der Waals surface area contributed by atoms with E-state index >= 15 is 0 Å². The van der Waals surface area contributed by atoms with Crippen LogP contribution in [-0.2, 0) is 0 Å². The van der Waals surface area contributed by atoms with E-state index in [1.54, 1.807) is 0 Å². The molecule has 0 aliphatic heterocycles. The second-order valence-electron chi connectivity index (χ2n) is 13.9. The van der Waals surface area contributed by atoms with Crippen LogP contribution in [0.5, 0.6) is 0 Å². The van der Waals surface area contributed by atoms with Crippen molar-refractivity contribution in [2.24, 2.45) is 0 Å². The van der Waals surface area contributed by atoms with Crippen molar-refractivity contribution in [1.29, 1.82) is 0 Å². The van der Waals surface area contributed by atoms with E-state index in [0.717, 1.165) is 66.9 Å². The second-order valence-corrected chi connectivity index (χ2v) is 14.9. The molecular formula is C49H29N3OS. The minimum atomic E-state index is 0.873. The quantitative estimate of drug-likeness (QED) is 0.183. The molecule has 0 spiro atoms. The molecule has 8 aromatic carbocycles. The van der Waals surface area contributed by atoms with Crippen LogP contribution in [0.3, 0.4) is 0 Å². The van der Waals surface area contributed by atoms with Crippen molar-refractivity contribution in [3.63, 3.8) is 0 Å². The molecule has 12 aromatic rings. The van der Waals surface area contributed by atoms with Crippen molar-refractivity contribution in [2.45, 2.75) is 0 Å². The van der Waals surface area contributed by atoms with Gasteiger partial charge in [-0.15, -0.1) is 11.3 Å². The molecule has 54 heavy (non-hydrogen) atoms. The number of aromatic nitrogens is 3. The largest absolute Gasteiger partial charge is 0.454 e. The van der Waals surface area contributed by atoms with Crippen molar-refractivity contribution < 1.29 is 4.42 Å². The third kappa shape index (κ3) is 4.15. The van der Waals surface area contributed by atoms with Gasteiger partial charge in [-0.1, -0.05) is 121 Å². The number of furan rings is 1. The van der Waals surface area contributed by atoms with Crippen molar-refractivity contribution in [3.8, 4) is 33.9 Å². The number of benzene rings is 8. The maximum absolute atomic E-state index is 6.86. The zero-order chi connectivity index (χ0) is 35.3. The SMILES string of the molecule is c1ccc(-n2c(-c3ccc(-c4cccc5oc6c(-n7c8ccccc8c8c9sc%10ccccc%10c9ccc87)cccc6c45)cc3)nc3ccccc32)cc1. The van der Waals surface area contributed by atoms with E-state index in [9.17, 15) is 0 Å². The molecule has 4 heterocycles. The Morgan fingerprint density at radius 3 is 2.07 bits per heavy atom. The van der Waals surface area contributed by atoms with Crippen molar-refractivity contribution in [3.05, 3.63) is 176 Å². The van der Waals surface area contributed by atoms with Gasteiger partial charge in [-0.25, -0.2) is 4.98 Å². The van der Waals surface area contributed by atoms with Gasteiger partial charge in [0.2, 0.25) is 0 Å². The molecule has 12 rings (SSSR count). The number of imidazole rings is 1. The van der Waals surface area contributed by atoms with Crippen LogP contribution in [0.15, 0.2) is 180 Å². The predicted octanol–water partition coefficient (Wildman–Crippen LogP) is 13.7. The number of fused-ring (bicyclic) bond motifs is 11. The highest BCUT2D eigenvalue weighted by atomic mass is 32.1. The van der Waals surface area contributed by atoms with Gasteiger partial charge >= 0.3 is 0 Å². The van der Waals surface area contributed by atoms with Crippen molar-refractivity contribution >= 4 is 86.3 Å². The summed E-state index contributed by atoms with van der Waals surface area (Å²) in [6.45, 7) is 0. The predicted molar refractivity (Wildman–Crippen MR) is 226 cm³/mol. The molecule has 4 nitrogen and oxygen atoms in total. The number of nitrogens with zero attached hydrogens (tertiary/aromatic N) is 3. The van der Waals surface area contributed by atoms with Gasteiger partial charge in [-0.05, 0) is 65.7 Å². The Labute approximate surface area is 313 Å². The molecule has 0 atom stereocenters. The van der Waals surface area contributed by atoms with E-state index in [4.69, 9.17) is 9.40 Å². The highest BCUT2D eigenvalue weighted by molar-refractivity contribution is 7.26. The van der Waals surface area contributed by atoms with E-state index in [1.807, 2.05) is 23.5 Å². The van der Waals surface area contributed by atoms with E-state index in [2.05, 4.69) is 173 Å². The van der Waals surface area contributed by atoms with Crippen LogP contribution in [0.4, 0.5) is 0 Å². The molecular weight excluding hydrogens is 679 g/mol. The van der Waals surface area contributed by atoms with Gasteiger partial charge in [-0.3, -0.25) is 4.57 Å². The van der Waals surface area contributed by atoms with Crippen LogP contribution in [0.1, 0.15) is 0 Å². The van der Waals surface area contributed by atoms with Crippen molar-refractivity contribution in [1.82, 2.24) is 14.1 Å². The van der Waals surface area contributed by atoms with Crippen LogP contribution in [0, 0.1) is 0 Å². The first-order valence-corrected chi connectivity index (χ1v) is 19.0. The summed E-state index contributed by atoms with van der Waals surface area (Å²) in [5.41, 5.74) is 11.6. The number of hydrogen-bond acceptors (Lipinski definition) is 3. The molecule has 0 bridgehead atoms. The van der Waals surface area contributed by atoms with Gasteiger partial charge in [0, 0.05) is 53.0 Å². The van der Waals surface area contributed by atoms with Gasteiger partial charge in [0.1, 0.15) is 11.4 Å². The molecule has 252 valence electrons. The van der Waals surface area contributed by atoms with Gasteiger partial charge < -0.3 is 8.98 Å². The smallest absolute Gasteiger partial charge is 0.159 e. The minimum absolute atomic E-state index is 0.873. The lowest BCUT2D eigenvalue weighted by molar-refractivity contribution is 0.666. The summed E-state index contributed by atoms with van der Waals surface area (Å²) in [5.74, 6) is 0.921. The normalized spacial score (nSPS) is 12.1. The molecule has 5 heteroatoms. The molecule has 4 aromatic heterocycles. The van der Waals surface area contributed by atoms with Crippen LogP contribution in [-0.4, -0.2) is 14.1 Å². The number of para-hydroxylation sites is 5. The van der Waals surface area contributed by atoms with E-state index < -0.39 is 0 Å². The topological polar surface area (TPSA) is 35.9 Å². The highest BCUT2D eigenvalue weighted by Crippen LogP contribution is 2.45. The maximum Gasteiger partial charge on any atom is 0.159 e. The monoisotopic (exact) mass is 707 g/mol. The number of thiophene rings is 1. The third-order valence-electron chi connectivity index (χ3n) is 11.0. The molecule has 0 fully saturated rings. The van der Waals surface area contributed by atoms with E-state index in [1.165, 1.54) is 42.0 Å². The summed E-state index contributed by atoms with van der Waals surface area (Å²) >= 11 is 1.88. The zero-order valence-electron chi connectivity index (χ0n) is 28.9. The first kappa shape index (κ1) is 29.6. The molecule has 0 saturated carbocycles. The molecule has 0 radical (unpaired) electrons. The standard InChI is InChI=1S/C49H29N3OS/c1-2-12-32(13-3-1)51-40-20-8-6-18-38(40)50-49(51)31-26-24-30(25-27-31)33-16-11-22-43-45(33)37-17-10-21-42(47(37)53-43)52-39-19-7-4-15-36(39)46-41(52)29-28-35-34-14-5-9-23-44(34)54-48(35)46/h1-29H. The lowest BCUT2D eigenvalue weighted by atomic mass is 9.98. The molecule has 0 aliphatic rings. The number of rotatable bonds is 4. The average Bonchev–Trinajstić information content (AvgIpc) is 4.00. The fourth-order valence-electron chi connectivity index (χ4n) is 8.60. The highest BCUT2D eigenvalue weighted by Gasteiger charge is 2.22. The van der Waals surface area contributed by atoms with E-state index in [-0.39, 0.29) is 0 Å². The summed E-state index contributed by atoms with van der Waals surface area (Å²) in [7, 11) is 0. The lowest BCUT2D eigenvalue weighted by Gasteiger charge is -2.10. The fourth-order valence-corrected chi connectivity index (χ4v) is 9.86. The molecule has 0 saturated heterocycles. The fraction of sp³-hybridized carbons (Fsp3) is 0. The van der Waals surface area contributed by atoms with Crippen LogP contribution in [0.25, 0.3) is 109 Å². The van der Waals surface area contributed by atoms with Crippen LogP contribution in [0.2, 0.25) is 0 Å². The Balaban J connectivity index is 1.04. The second kappa shape index (κ2) is 11.3. The Kier molecular flexibility index (Phi) is 6.18. The van der Waals surface area contributed by atoms with Gasteiger partial charge in [0.05, 0.1) is 27.8 Å². The zero-order valence-corrected chi connectivity index (χ0v) is 29.7. The summed E-state index contributed by atoms with van der Waals surface area (Å²) < 4.78 is 14.1. The lowest BCUT2D eigenvalue weighted by Crippen LogP contribution is -1.97. The summed E-state index contributed by atoms with van der Waals surface area (Å²) in [6.07, 6.45) is 0. The molecule has 0 N–H and O–H groups in total. The van der Waals surface area contributed by atoms with Crippen molar-refractivity contribution in [2.75, 3.05) is 0 Å². The average molecular weight is 708 g/mol. The number of hydrogen-bond donors (Lipinski definition) is 0. The van der Waals surface area contributed by atoms with Gasteiger partial charge in [0.25, 0.3) is 0 Å². The minimum Gasteiger partial charge on any atom is -0.454 e. The first-order chi connectivity index (χ1) is 26.8. The Morgan fingerprint density at radius 2 is 1.19 bits per heavy atom.